The van der Waals surface area contributed by atoms with Gasteiger partial charge in [0, 0.05) is 4.88 Å². The zero-order valence-corrected chi connectivity index (χ0v) is 14.4. The molecule has 0 saturated heterocycles. The Balaban J connectivity index is 2.09. The summed E-state index contributed by atoms with van der Waals surface area (Å²) in [7, 11) is 0. The minimum atomic E-state index is -0.548. The number of thiophene rings is 1. The second kappa shape index (κ2) is 7.48. The van der Waals surface area contributed by atoms with Crippen molar-refractivity contribution in [1.82, 2.24) is 0 Å². The number of carbonyl (C=O) groups is 2. The van der Waals surface area contributed by atoms with Crippen LogP contribution >= 0.6 is 22.9 Å². The van der Waals surface area contributed by atoms with E-state index in [2.05, 4.69) is 5.32 Å². The molecule has 0 radical (unpaired) electrons. The van der Waals surface area contributed by atoms with Crippen LogP contribution in [0.15, 0.2) is 24.3 Å². The highest BCUT2D eigenvalue weighted by atomic mass is 35.5. The van der Waals surface area contributed by atoms with E-state index in [0.717, 1.165) is 10.4 Å². The molecule has 0 aliphatic carbocycles. The summed E-state index contributed by atoms with van der Waals surface area (Å²) in [4.78, 5) is 24.7. The number of ether oxygens (including phenoxy) is 1. The van der Waals surface area contributed by atoms with Crippen LogP contribution in [0.1, 0.15) is 27.7 Å². The second-order valence-electron chi connectivity index (χ2n) is 4.83. The van der Waals surface area contributed by atoms with Crippen LogP contribution < -0.4 is 15.8 Å². The molecule has 5 nitrogen and oxygen atoms in total. The molecule has 3 N–H and O–H groups in total. The van der Waals surface area contributed by atoms with Crippen LogP contribution in [0.3, 0.4) is 0 Å². The third-order valence-corrected chi connectivity index (χ3v) is 4.63. The molecule has 1 aromatic heterocycles. The fraction of sp³-hybridized carbons (Fsp3) is 0.250. The molecule has 122 valence electrons. The van der Waals surface area contributed by atoms with Crippen molar-refractivity contribution in [3.8, 4) is 5.75 Å². The third-order valence-electron chi connectivity index (χ3n) is 3.26. The fourth-order valence-corrected chi connectivity index (χ4v) is 3.58. The van der Waals surface area contributed by atoms with E-state index in [-0.39, 0.29) is 12.5 Å². The van der Waals surface area contributed by atoms with Crippen LogP contribution in [0, 0.1) is 6.92 Å². The van der Waals surface area contributed by atoms with Crippen LogP contribution in [0.5, 0.6) is 5.75 Å². The van der Waals surface area contributed by atoms with Crippen LogP contribution in [0.25, 0.3) is 0 Å². The molecular formula is C16H17ClN2O3S. The Labute approximate surface area is 143 Å². The van der Waals surface area contributed by atoms with Gasteiger partial charge in [-0.2, -0.15) is 0 Å². The normalized spacial score (nSPS) is 10.4. The zero-order chi connectivity index (χ0) is 17.0. The Morgan fingerprint density at radius 2 is 2.04 bits per heavy atom. The number of benzene rings is 1. The standard InChI is InChI=1S/C16H17ClN2O3S/c1-3-10-9(2)23-16(14(10)15(18)21)19-13(20)8-22-12-7-5-4-6-11(12)17/h4-7H,3,8H2,1-2H3,(H2,18,21)(H,19,20). The third kappa shape index (κ3) is 4.03. The van der Waals surface area contributed by atoms with Gasteiger partial charge in [-0.05, 0) is 31.0 Å². The molecule has 0 saturated carbocycles. The molecule has 23 heavy (non-hydrogen) atoms. The monoisotopic (exact) mass is 352 g/mol. The van der Waals surface area contributed by atoms with E-state index in [1.165, 1.54) is 11.3 Å². The molecule has 2 rings (SSSR count). The number of nitrogens with one attached hydrogen (secondary N) is 1. The van der Waals surface area contributed by atoms with E-state index in [4.69, 9.17) is 22.1 Å². The maximum atomic E-state index is 12.1. The van der Waals surface area contributed by atoms with Gasteiger partial charge in [-0.15, -0.1) is 11.3 Å². The summed E-state index contributed by atoms with van der Waals surface area (Å²) in [5.74, 6) is -0.499. The molecule has 0 fully saturated rings. The summed E-state index contributed by atoms with van der Waals surface area (Å²) in [6, 6.07) is 6.89. The number of para-hydroxylation sites is 1. The van der Waals surface area contributed by atoms with Gasteiger partial charge >= 0.3 is 0 Å². The minimum absolute atomic E-state index is 0.208. The van der Waals surface area contributed by atoms with Crippen LogP contribution in [-0.4, -0.2) is 18.4 Å². The highest BCUT2D eigenvalue weighted by Gasteiger charge is 2.20. The van der Waals surface area contributed by atoms with E-state index in [0.29, 0.717) is 27.8 Å². The largest absolute Gasteiger partial charge is 0.482 e. The lowest BCUT2D eigenvalue weighted by molar-refractivity contribution is -0.118. The first-order chi connectivity index (χ1) is 10.9. The first kappa shape index (κ1) is 17.3. The summed E-state index contributed by atoms with van der Waals surface area (Å²) in [6.07, 6.45) is 0.673. The lowest BCUT2D eigenvalue weighted by Crippen LogP contribution is -2.22. The maximum absolute atomic E-state index is 12.1. The Bertz CT molecular complexity index is 743. The van der Waals surface area contributed by atoms with E-state index < -0.39 is 5.91 Å². The molecule has 0 aliphatic heterocycles. The zero-order valence-electron chi connectivity index (χ0n) is 12.8. The fourth-order valence-electron chi connectivity index (χ4n) is 2.22. The van der Waals surface area contributed by atoms with Crippen LogP contribution in [0.2, 0.25) is 5.02 Å². The number of primary amides is 1. The Hall–Kier alpha value is -2.05. The molecular weight excluding hydrogens is 336 g/mol. The molecule has 2 aromatic rings. The number of halogens is 1. The van der Waals surface area contributed by atoms with Crippen molar-refractivity contribution in [1.29, 1.82) is 0 Å². The lowest BCUT2D eigenvalue weighted by atomic mass is 10.1. The van der Waals surface area contributed by atoms with Gasteiger partial charge < -0.3 is 15.8 Å². The average molecular weight is 353 g/mol. The minimum Gasteiger partial charge on any atom is -0.482 e. The quantitative estimate of drug-likeness (QED) is 0.836. The number of hydrogen-bond acceptors (Lipinski definition) is 4. The second-order valence-corrected chi connectivity index (χ2v) is 6.46. The van der Waals surface area contributed by atoms with Gasteiger partial charge in [0.1, 0.15) is 10.8 Å². The SMILES string of the molecule is CCc1c(C)sc(NC(=O)COc2ccccc2Cl)c1C(N)=O. The Morgan fingerprint density at radius 1 is 1.35 bits per heavy atom. The van der Waals surface area contributed by atoms with Gasteiger partial charge in [0.25, 0.3) is 11.8 Å². The molecule has 0 spiro atoms. The number of nitrogens with two attached hydrogens (primary N) is 1. The van der Waals surface area contributed by atoms with Gasteiger partial charge in [-0.1, -0.05) is 30.7 Å². The molecule has 0 atom stereocenters. The summed E-state index contributed by atoms with van der Waals surface area (Å²) in [5.41, 5.74) is 6.67. The topological polar surface area (TPSA) is 81.4 Å². The van der Waals surface area contributed by atoms with Crippen LogP contribution in [0.4, 0.5) is 5.00 Å². The molecule has 0 unspecified atom stereocenters. The smallest absolute Gasteiger partial charge is 0.262 e. The lowest BCUT2D eigenvalue weighted by Gasteiger charge is -2.08. The summed E-state index contributed by atoms with van der Waals surface area (Å²) >= 11 is 7.29. The van der Waals surface area contributed by atoms with Crippen molar-refractivity contribution >= 4 is 39.8 Å². The van der Waals surface area contributed by atoms with E-state index in [1.807, 2.05) is 13.8 Å². The Kier molecular flexibility index (Phi) is 5.63. The highest BCUT2D eigenvalue weighted by Crippen LogP contribution is 2.33. The number of carbonyl (C=O) groups excluding carboxylic acids is 2. The van der Waals surface area contributed by atoms with E-state index >= 15 is 0 Å². The summed E-state index contributed by atoms with van der Waals surface area (Å²) in [6.45, 7) is 3.62. The van der Waals surface area contributed by atoms with Gasteiger partial charge in [0.2, 0.25) is 0 Å². The molecule has 7 heteroatoms. The van der Waals surface area contributed by atoms with Crippen molar-refractivity contribution in [3.63, 3.8) is 0 Å². The highest BCUT2D eigenvalue weighted by molar-refractivity contribution is 7.16. The van der Waals surface area contributed by atoms with E-state index in [1.54, 1.807) is 24.3 Å². The number of hydrogen-bond donors (Lipinski definition) is 2. The molecule has 2 amide bonds. The molecule has 0 bridgehead atoms. The van der Waals surface area contributed by atoms with Crippen molar-refractivity contribution in [2.24, 2.45) is 5.73 Å². The summed E-state index contributed by atoms with van der Waals surface area (Å²) in [5, 5.41) is 3.57. The number of amides is 2. The van der Waals surface area contributed by atoms with Crippen molar-refractivity contribution in [2.45, 2.75) is 20.3 Å². The number of anilines is 1. The molecule has 1 aromatic carbocycles. The van der Waals surface area contributed by atoms with Crippen LogP contribution in [-0.2, 0) is 11.2 Å². The molecule has 1 heterocycles. The van der Waals surface area contributed by atoms with Gasteiger partial charge in [0.05, 0.1) is 10.6 Å². The predicted molar refractivity (Wildman–Crippen MR) is 92.5 cm³/mol. The van der Waals surface area contributed by atoms with Gasteiger partial charge in [-0.25, -0.2) is 0 Å². The van der Waals surface area contributed by atoms with Gasteiger partial charge in [-0.3, -0.25) is 9.59 Å². The van der Waals surface area contributed by atoms with Crippen molar-refractivity contribution < 1.29 is 14.3 Å². The average Bonchev–Trinajstić information content (AvgIpc) is 2.81. The van der Waals surface area contributed by atoms with Crippen molar-refractivity contribution in [2.75, 3.05) is 11.9 Å². The van der Waals surface area contributed by atoms with Crippen molar-refractivity contribution in [3.05, 3.63) is 45.3 Å². The first-order valence-corrected chi connectivity index (χ1v) is 8.22. The number of aryl methyl sites for hydroxylation is 1. The Morgan fingerprint density at radius 3 is 2.65 bits per heavy atom. The summed E-state index contributed by atoms with van der Waals surface area (Å²) < 4.78 is 5.38. The van der Waals surface area contributed by atoms with Gasteiger partial charge in [0.15, 0.2) is 6.61 Å². The number of rotatable bonds is 6. The van der Waals surface area contributed by atoms with E-state index in [9.17, 15) is 9.59 Å². The predicted octanol–water partition coefficient (Wildman–Crippen LogP) is 3.39. The molecule has 0 aliphatic rings. The first-order valence-electron chi connectivity index (χ1n) is 7.03. The maximum Gasteiger partial charge on any atom is 0.262 e.